The van der Waals surface area contributed by atoms with Gasteiger partial charge in [-0.1, -0.05) is 24.3 Å². The number of H-pyrrole nitrogens is 1. The number of benzene rings is 2. The summed E-state index contributed by atoms with van der Waals surface area (Å²) in [5.74, 6) is -0.529. The Morgan fingerprint density at radius 2 is 1.81 bits per heavy atom. The second-order valence-electron chi connectivity index (χ2n) is 12.3. The fourth-order valence-corrected chi connectivity index (χ4v) is 7.07. The van der Waals surface area contributed by atoms with Gasteiger partial charge in [0.1, 0.15) is 17.6 Å². The van der Waals surface area contributed by atoms with Crippen molar-refractivity contribution in [2.45, 2.75) is 50.0 Å². The van der Waals surface area contributed by atoms with E-state index in [0.29, 0.717) is 24.2 Å². The lowest BCUT2D eigenvalue weighted by Crippen LogP contribution is -2.48. The summed E-state index contributed by atoms with van der Waals surface area (Å²) in [5.41, 5.74) is 4.00. The predicted molar refractivity (Wildman–Crippen MR) is 163 cm³/mol. The van der Waals surface area contributed by atoms with Gasteiger partial charge in [-0.05, 0) is 71.0 Å². The molecule has 1 aliphatic carbocycles. The van der Waals surface area contributed by atoms with Gasteiger partial charge in [0, 0.05) is 42.9 Å². The van der Waals surface area contributed by atoms with Crippen molar-refractivity contribution in [2.24, 2.45) is 0 Å². The zero-order valence-corrected chi connectivity index (χ0v) is 24.7. The average molecular weight is 638 g/mol. The molecule has 236 valence electrons. The third kappa shape index (κ3) is 4.80. The van der Waals surface area contributed by atoms with Crippen LogP contribution in [-0.4, -0.2) is 48.8 Å². The molecule has 0 bridgehead atoms. The van der Waals surface area contributed by atoms with Crippen LogP contribution >= 0.6 is 0 Å². The van der Waals surface area contributed by atoms with E-state index < -0.39 is 29.1 Å². The zero-order chi connectivity index (χ0) is 32.5. The molecule has 2 atom stereocenters. The van der Waals surface area contributed by atoms with Crippen molar-refractivity contribution in [3.63, 3.8) is 0 Å². The summed E-state index contributed by atoms with van der Waals surface area (Å²) >= 11 is 0. The Labute approximate surface area is 265 Å². The second-order valence-corrected chi connectivity index (χ2v) is 12.3. The quantitative estimate of drug-likeness (QED) is 0.270. The molecule has 3 aromatic heterocycles. The minimum Gasteiger partial charge on any atom is -0.339 e. The van der Waals surface area contributed by atoms with E-state index in [1.165, 1.54) is 17.0 Å². The largest absolute Gasteiger partial charge is 0.416 e. The van der Waals surface area contributed by atoms with Crippen LogP contribution in [0, 0.1) is 0 Å². The Balaban J connectivity index is 1.07. The molecule has 47 heavy (non-hydrogen) atoms. The number of aromatic amines is 1. The Hall–Kier alpha value is -5.59. The van der Waals surface area contributed by atoms with Gasteiger partial charge in [-0.15, -0.1) is 0 Å². The second kappa shape index (κ2) is 10.5. The lowest BCUT2D eigenvalue weighted by molar-refractivity contribution is -0.137. The first kappa shape index (κ1) is 28.9. The van der Waals surface area contributed by atoms with Crippen LogP contribution in [0.4, 0.5) is 19.0 Å². The number of rotatable bonds is 4. The number of carbonyl (C=O) groups is 3. The topological polar surface area (TPSA) is 133 Å². The van der Waals surface area contributed by atoms with Gasteiger partial charge in [0.15, 0.2) is 0 Å². The maximum absolute atomic E-state index is 14.0. The van der Waals surface area contributed by atoms with E-state index in [0.717, 1.165) is 50.9 Å². The molecule has 0 saturated heterocycles. The molecule has 0 saturated carbocycles. The van der Waals surface area contributed by atoms with Crippen LogP contribution in [0.2, 0.25) is 0 Å². The Kier molecular flexibility index (Phi) is 6.43. The highest BCUT2D eigenvalue weighted by molar-refractivity contribution is 6.06. The third-order valence-corrected chi connectivity index (χ3v) is 9.47. The number of alkyl halides is 3. The van der Waals surface area contributed by atoms with Gasteiger partial charge in [0.25, 0.3) is 5.91 Å². The number of carbonyl (C=O) groups excluding carboxylic acids is 3. The summed E-state index contributed by atoms with van der Waals surface area (Å²) in [6.07, 6.45) is 1.44. The molecule has 8 rings (SSSR count). The van der Waals surface area contributed by atoms with E-state index in [1.54, 1.807) is 30.7 Å². The SMILES string of the molecule is O=C(N[C@@H]1Cc2ccc3[nH]ncc3c2CN(Cc2ccc(C(F)(F)F)cc2)C1=O)c1cc2c(cn1)CC1(C2)C(=O)Nc2ncccc21. The van der Waals surface area contributed by atoms with E-state index in [9.17, 15) is 27.6 Å². The number of aromatic nitrogens is 4. The number of nitrogens with one attached hydrogen (secondary N) is 3. The average Bonchev–Trinajstić information content (AvgIpc) is 3.74. The fraction of sp³-hybridized carbons (Fsp3) is 0.235. The highest BCUT2D eigenvalue weighted by atomic mass is 19.4. The van der Waals surface area contributed by atoms with Crippen molar-refractivity contribution < 1.29 is 27.6 Å². The summed E-state index contributed by atoms with van der Waals surface area (Å²) < 4.78 is 39.5. The van der Waals surface area contributed by atoms with Crippen LogP contribution < -0.4 is 10.6 Å². The van der Waals surface area contributed by atoms with Gasteiger partial charge in [-0.25, -0.2) is 4.98 Å². The Morgan fingerprint density at radius 1 is 1.00 bits per heavy atom. The van der Waals surface area contributed by atoms with Gasteiger partial charge >= 0.3 is 6.18 Å². The predicted octanol–water partition coefficient (Wildman–Crippen LogP) is 4.24. The van der Waals surface area contributed by atoms with E-state index >= 15 is 0 Å². The summed E-state index contributed by atoms with van der Waals surface area (Å²) in [4.78, 5) is 51.1. The van der Waals surface area contributed by atoms with Crippen molar-refractivity contribution in [1.82, 2.24) is 30.4 Å². The zero-order valence-electron chi connectivity index (χ0n) is 24.7. The van der Waals surface area contributed by atoms with Gasteiger partial charge < -0.3 is 15.5 Å². The van der Waals surface area contributed by atoms with Crippen molar-refractivity contribution in [3.05, 3.63) is 118 Å². The van der Waals surface area contributed by atoms with Crippen LogP contribution in [0.5, 0.6) is 0 Å². The fourth-order valence-electron chi connectivity index (χ4n) is 7.07. The molecule has 0 radical (unpaired) electrons. The van der Waals surface area contributed by atoms with E-state index in [4.69, 9.17) is 0 Å². The molecular formula is C34H26F3N7O3. The van der Waals surface area contributed by atoms with Crippen molar-refractivity contribution in [2.75, 3.05) is 5.32 Å². The number of anilines is 1. The molecule has 3 N–H and O–H groups in total. The number of halogens is 3. The molecule has 5 aromatic rings. The number of fused-ring (bicyclic) bond motifs is 6. The molecule has 1 unspecified atom stereocenters. The molecular weight excluding hydrogens is 611 g/mol. The van der Waals surface area contributed by atoms with Crippen LogP contribution in [0.25, 0.3) is 10.9 Å². The third-order valence-electron chi connectivity index (χ3n) is 9.47. The first-order valence-electron chi connectivity index (χ1n) is 15.0. The summed E-state index contributed by atoms with van der Waals surface area (Å²) in [6, 6.07) is 12.8. The smallest absolute Gasteiger partial charge is 0.339 e. The lowest BCUT2D eigenvalue weighted by Gasteiger charge is -2.25. The van der Waals surface area contributed by atoms with Gasteiger partial charge in [0.2, 0.25) is 11.8 Å². The van der Waals surface area contributed by atoms with Gasteiger partial charge in [-0.2, -0.15) is 18.3 Å². The van der Waals surface area contributed by atoms with Gasteiger partial charge in [-0.3, -0.25) is 24.5 Å². The Bertz CT molecular complexity index is 2110. The Morgan fingerprint density at radius 3 is 2.62 bits per heavy atom. The molecule has 3 amide bonds. The number of hydrogen-bond acceptors (Lipinski definition) is 6. The maximum Gasteiger partial charge on any atom is 0.416 e. The first-order chi connectivity index (χ1) is 22.6. The molecule has 10 nitrogen and oxygen atoms in total. The van der Waals surface area contributed by atoms with Crippen molar-refractivity contribution in [3.8, 4) is 0 Å². The number of pyridine rings is 2. The van der Waals surface area contributed by atoms with Gasteiger partial charge in [0.05, 0.1) is 22.7 Å². The summed E-state index contributed by atoms with van der Waals surface area (Å²) in [5, 5.41) is 13.6. The lowest BCUT2D eigenvalue weighted by atomic mass is 9.79. The van der Waals surface area contributed by atoms with E-state index in [-0.39, 0.29) is 37.0 Å². The molecule has 2 aromatic carbocycles. The van der Waals surface area contributed by atoms with E-state index in [2.05, 4.69) is 30.8 Å². The minimum absolute atomic E-state index is 0.0363. The normalized spacial score (nSPS) is 20.1. The van der Waals surface area contributed by atoms with Crippen molar-refractivity contribution >= 4 is 34.4 Å². The molecule has 13 heteroatoms. The monoisotopic (exact) mass is 637 g/mol. The van der Waals surface area contributed by atoms with Crippen LogP contribution in [0.1, 0.15) is 49.4 Å². The highest BCUT2D eigenvalue weighted by Gasteiger charge is 2.51. The molecule has 1 spiro atoms. The number of hydrogen-bond donors (Lipinski definition) is 3. The number of amides is 3. The molecule has 0 fully saturated rings. The highest BCUT2D eigenvalue weighted by Crippen LogP contribution is 2.46. The van der Waals surface area contributed by atoms with Crippen LogP contribution in [-0.2, 0) is 53.5 Å². The van der Waals surface area contributed by atoms with Crippen molar-refractivity contribution in [1.29, 1.82) is 0 Å². The minimum atomic E-state index is -4.48. The summed E-state index contributed by atoms with van der Waals surface area (Å²) in [6.45, 7) is 0.213. The standard InChI is InChI=1S/C34H26F3N7O3/c35-34(36,37)22-6-3-18(4-7-22)16-44-17-24-19(5-8-26-23(24)15-40-43-26)10-28(31(44)46)41-30(45)27-11-20-12-33(13-21(20)14-39-27)25-2-1-9-38-29(25)42-32(33)47/h1-9,11,14-15,28H,10,12-13,16-17H2,(H,40,43)(H,41,45)(H,38,42,47)/t28-,33?/m1/s1. The molecule has 5 heterocycles. The number of nitrogens with zero attached hydrogens (tertiary/aromatic N) is 4. The molecule has 2 aliphatic heterocycles. The molecule has 3 aliphatic rings. The maximum atomic E-state index is 14.0. The van der Waals surface area contributed by atoms with E-state index in [1.807, 2.05) is 18.2 Å². The first-order valence-corrected chi connectivity index (χ1v) is 15.0. The van der Waals surface area contributed by atoms with Crippen LogP contribution in [0.15, 0.2) is 73.2 Å². The van der Waals surface area contributed by atoms with Crippen LogP contribution in [0.3, 0.4) is 0 Å². The summed E-state index contributed by atoms with van der Waals surface area (Å²) in [7, 11) is 0.